The first kappa shape index (κ1) is 29.9. The molecule has 2 amide bonds. The fourth-order valence-corrected chi connectivity index (χ4v) is 6.47. The van der Waals surface area contributed by atoms with Crippen LogP contribution in [0.5, 0.6) is 0 Å². The number of nitrogens with two attached hydrogens (primary N) is 4. The Bertz CT molecular complexity index is 1460. The third-order valence-corrected chi connectivity index (χ3v) is 8.40. The average molecular weight is 625 g/mol. The minimum Gasteiger partial charge on any atom is -0.481 e. The highest BCUT2D eigenvalue weighted by Gasteiger charge is 2.65. The first-order chi connectivity index (χ1) is 19.3. The molecule has 3 aliphatic heterocycles. The van der Waals surface area contributed by atoms with Crippen LogP contribution in [0.2, 0.25) is 0 Å². The van der Waals surface area contributed by atoms with Gasteiger partial charge in [-0.2, -0.15) is 0 Å². The molecule has 218 valence electrons. The highest BCUT2D eigenvalue weighted by atomic mass is 32.2. The minimum atomic E-state index is -1.83. The lowest BCUT2D eigenvalue weighted by molar-refractivity contribution is -0.153. The number of thioether (sulfide) groups is 1. The first-order valence-corrected chi connectivity index (χ1v) is 13.9. The number of β-lactam (4-membered cyclic amide) rings is 1. The van der Waals surface area contributed by atoms with Gasteiger partial charge in [-0.15, -0.1) is 23.1 Å². The Balaban J connectivity index is 1.66. The van der Waals surface area contributed by atoms with Crippen LogP contribution in [0.4, 0.5) is 5.13 Å². The lowest BCUT2D eigenvalue weighted by Gasteiger charge is -2.55. The summed E-state index contributed by atoms with van der Waals surface area (Å²) in [6.45, 7) is 1.43. The topological polar surface area (TPSA) is 278 Å². The Hall–Kier alpha value is -4.11. The number of carbonyl (C=O) groups is 4. The van der Waals surface area contributed by atoms with Crippen LogP contribution in [0.1, 0.15) is 19.0 Å². The summed E-state index contributed by atoms with van der Waals surface area (Å²) >= 11 is 7.24. The van der Waals surface area contributed by atoms with E-state index in [1.54, 1.807) is 0 Å². The lowest BCUT2D eigenvalue weighted by atomic mass is 9.87. The number of carbonyl (C=O) groups excluding carboxylic acids is 2. The summed E-state index contributed by atoms with van der Waals surface area (Å²) in [5.41, 5.74) is 14.9. The number of rotatable bonds is 10. The molecule has 11 N–H and O–H groups in total. The molecular formula is C21H24N10O7S3. The number of hydrogen-bond donors (Lipinski definition) is 7. The molecule has 17 nitrogen and oxygen atoms in total. The van der Waals surface area contributed by atoms with E-state index in [9.17, 15) is 24.3 Å². The smallest absolute Gasteiger partial charge is 0.353 e. The SMILES string of the molecule is CC(CC(=O)O)O/N=C(\C(=O)NC1(C=S)C(=O)N2C(C(=O)O)=C(C3=NC(N)=CC(N)N3N)CS[C@H]21)c1csc(N)n1. The standard InChI is InChI=1S/C21H24N10O7S3/c1-7(2-12(32)33)38-29-13(9-5-41-20(24)26-9)16(34)28-21(6-39)18(37)30-14(17(35)36)8(4-40-19(21)30)15-27-10(22)3-11(23)31(15)25/h3,5-7,11,19H,2,4,22-23,25H2,1H3,(H2,24,26)(H,28,34)(H,32,33)(H,35,36)/b29-13-/t7?,11?,19-,21?/m0/s1. The lowest BCUT2D eigenvalue weighted by Crippen LogP contribution is -2.81. The average Bonchev–Trinajstić information content (AvgIpc) is 3.33. The Kier molecular flexibility index (Phi) is 8.31. The summed E-state index contributed by atoms with van der Waals surface area (Å²) in [5.74, 6) is 1.58. The number of aliphatic imine (C=N–C) groups is 1. The summed E-state index contributed by atoms with van der Waals surface area (Å²) in [4.78, 5) is 64.7. The van der Waals surface area contributed by atoms with Crippen molar-refractivity contribution in [3.63, 3.8) is 0 Å². The number of thiocarbonyl (C=S) groups is 1. The molecule has 1 aromatic heterocycles. The van der Waals surface area contributed by atoms with E-state index in [1.807, 2.05) is 0 Å². The summed E-state index contributed by atoms with van der Waals surface area (Å²) in [5, 5.41) is 28.0. The second-order valence-electron chi connectivity index (χ2n) is 8.86. The second-order valence-corrected chi connectivity index (χ2v) is 11.1. The molecule has 4 rings (SSSR count). The van der Waals surface area contributed by atoms with E-state index in [-0.39, 0.29) is 33.8 Å². The van der Waals surface area contributed by atoms with Crippen LogP contribution in [0.25, 0.3) is 0 Å². The van der Waals surface area contributed by atoms with Gasteiger partial charge in [-0.25, -0.2) is 20.6 Å². The van der Waals surface area contributed by atoms with Gasteiger partial charge in [0.2, 0.25) is 0 Å². The maximum atomic E-state index is 13.6. The van der Waals surface area contributed by atoms with Gasteiger partial charge < -0.3 is 37.6 Å². The number of carboxylic acids is 2. The van der Waals surface area contributed by atoms with Gasteiger partial charge in [-0.3, -0.25) is 24.3 Å². The Morgan fingerprint density at radius 3 is 2.68 bits per heavy atom. The molecule has 1 aromatic rings. The normalized spacial score (nSPS) is 25.0. The largest absolute Gasteiger partial charge is 0.481 e. The van der Waals surface area contributed by atoms with Crippen molar-refractivity contribution in [3.8, 4) is 0 Å². The molecule has 0 bridgehead atoms. The van der Waals surface area contributed by atoms with Gasteiger partial charge in [0.15, 0.2) is 22.2 Å². The fraction of sp³-hybridized carbons (Fsp3) is 0.333. The van der Waals surface area contributed by atoms with E-state index in [1.165, 1.54) is 18.4 Å². The predicted octanol–water partition coefficient (Wildman–Crippen LogP) is -1.91. The van der Waals surface area contributed by atoms with Crippen molar-refractivity contribution in [1.82, 2.24) is 20.2 Å². The van der Waals surface area contributed by atoms with E-state index in [0.717, 1.165) is 38.4 Å². The second kappa shape index (κ2) is 11.4. The number of oxime groups is 1. The van der Waals surface area contributed by atoms with E-state index in [0.29, 0.717) is 0 Å². The number of amidine groups is 1. The predicted molar refractivity (Wildman–Crippen MR) is 152 cm³/mol. The van der Waals surface area contributed by atoms with Crippen LogP contribution < -0.4 is 28.4 Å². The molecule has 0 aliphatic carbocycles. The van der Waals surface area contributed by atoms with Gasteiger partial charge in [0.05, 0.1) is 6.42 Å². The zero-order valence-corrected chi connectivity index (χ0v) is 23.5. The van der Waals surface area contributed by atoms with Gasteiger partial charge in [-0.1, -0.05) is 17.4 Å². The van der Waals surface area contributed by atoms with Crippen LogP contribution in [0.3, 0.4) is 0 Å². The van der Waals surface area contributed by atoms with Crippen LogP contribution in [-0.4, -0.2) is 94.7 Å². The maximum absolute atomic E-state index is 13.6. The van der Waals surface area contributed by atoms with Crippen molar-refractivity contribution >= 4 is 81.1 Å². The molecule has 0 aromatic carbocycles. The number of hydrogen-bond acceptors (Lipinski definition) is 16. The number of thiazole rings is 1. The van der Waals surface area contributed by atoms with Gasteiger partial charge >= 0.3 is 11.9 Å². The van der Waals surface area contributed by atoms with Crippen molar-refractivity contribution < 1.29 is 34.2 Å². The van der Waals surface area contributed by atoms with E-state index >= 15 is 0 Å². The van der Waals surface area contributed by atoms with Crippen LogP contribution in [0.15, 0.2) is 38.7 Å². The molecule has 3 unspecified atom stereocenters. The van der Waals surface area contributed by atoms with E-state index in [4.69, 9.17) is 45.2 Å². The minimum absolute atomic E-state index is 0.000653. The molecule has 1 saturated heterocycles. The number of anilines is 1. The number of amides is 2. The van der Waals surface area contributed by atoms with Crippen molar-refractivity contribution in [1.29, 1.82) is 0 Å². The number of aliphatic carboxylic acids is 2. The monoisotopic (exact) mass is 624 g/mol. The number of nitrogens with one attached hydrogen (secondary N) is 1. The number of nitrogens with zero attached hydrogens (tertiary/aromatic N) is 5. The maximum Gasteiger partial charge on any atom is 0.353 e. The van der Waals surface area contributed by atoms with Crippen LogP contribution in [-0.2, 0) is 24.0 Å². The molecular weight excluding hydrogens is 600 g/mol. The summed E-state index contributed by atoms with van der Waals surface area (Å²) < 4.78 is 0. The number of fused-ring (bicyclic) bond motifs is 1. The molecule has 41 heavy (non-hydrogen) atoms. The van der Waals surface area contributed by atoms with Crippen molar-refractivity contribution in [2.45, 2.75) is 36.5 Å². The van der Waals surface area contributed by atoms with Crippen molar-refractivity contribution in [3.05, 3.63) is 34.2 Å². The number of aromatic nitrogens is 1. The molecule has 0 saturated carbocycles. The Morgan fingerprint density at radius 2 is 2.10 bits per heavy atom. The third kappa shape index (κ3) is 5.46. The molecule has 4 atom stereocenters. The summed E-state index contributed by atoms with van der Waals surface area (Å²) in [6.07, 6.45) is -0.842. The zero-order chi connectivity index (χ0) is 30.2. The molecule has 3 aliphatic rings. The molecule has 0 radical (unpaired) electrons. The van der Waals surface area contributed by atoms with Crippen molar-refractivity contribution in [2.24, 2.45) is 27.5 Å². The zero-order valence-electron chi connectivity index (χ0n) is 21.1. The molecule has 4 heterocycles. The molecule has 20 heteroatoms. The summed E-state index contributed by atoms with van der Waals surface area (Å²) in [7, 11) is 0. The molecule has 1 fully saturated rings. The van der Waals surface area contributed by atoms with Crippen LogP contribution in [0, 0.1) is 0 Å². The van der Waals surface area contributed by atoms with Crippen molar-refractivity contribution in [2.75, 3.05) is 11.5 Å². The highest BCUT2D eigenvalue weighted by molar-refractivity contribution is 8.00. The number of carboxylic acid groups (broad SMARTS) is 2. The fourth-order valence-electron chi connectivity index (χ4n) is 4.12. The highest BCUT2D eigenvalue weighted by Crippen LogP contribution is 2.46. The van der Waals surface area contributed by atoms with Crippen LogP contribution >= 0.6 is 35.3 Å². The Labute approximate surface area is 244 Å². The van der Waals surface area contributed by atoms with E-state index < -0.39 is 64.8 Å². The first-order valence-electron chi connectivity index (χ1n) is 11.5. The van der Waals surface area contributed by atoms with Gasteiger partial charge in [0, 0.05) is 22.1 Å². The summed E-state index contributed by atoms with van der Waals surface area (Å²) in [6, 6.07) is 0. The quantitative estimate of drug-likeness (QED) is 0.0492. The van der Waals surface area contributed by atoms with Gasteiger partial charge in [0.1, 0.15) is 34.9 Å². The third-order valence-electron chi connectivity index (χ3n) is 6.00. The van der Waals surface area contributed by atoms with Gasteiger partial charge in [0.25, 0.3) is 11.8 Å². The van der Waals surface area contributed by atoms with E-state index in [2.05, 4.69) is 20.4 Å². The van der Waals surface area contributed by atoms with Gasteiger partial charge in [-0.05, 0) is 13.0 Å². The molecule has 0 spiro atoms. The number of hydrazine groups is 1. The Morgan fingerprint density at radius 1 is 1.39 bits per heavy atom. The number of nitrogen functional groups attached to an aromatic ring is 1.